The van der Waals surface area contributed by atoms with Crippen LogP contribution in [0.4, 0.5) is 0 Å². The molecule has 136 valence electrons. The van der Waals surface area contributed by atoms with Gasteiger partial charge in [-0.05, 0) is 17.7 Å². The van der Waals surface area contributed by atoms with Crippen LogP contribution in [-0.2, 0) is 9.59 Å². The Labute approximate surface area is 155 Å². The third kappa shape index (κ3) is 2.93. The van der Waals surface area contributed by atoms with E-state index in [4.69, 9.17) is 5.73 Å². The van der Waals surface area contributed by atoms with Gasteiger partial charge in [-0.25, -0.2) is 0 Å². The van der Waals surface area contributed by atoms with Crippen LogP contribution in [0.15, 0.2) is 54.7 Å². The van der Waals surface area contributed by atoms with Crippen molar-refractivity contribution in [2.75, 3.05) is 13.1 Å². The van der Waals surface area contributed by atoms with Crippen LogP contribution in [0.25, 0.3) is 10.9 Å². The van der Waals surface area contributed by atoms with Crippen LogP contribution in [-0.4, -0.2) is 40.7 Å². The minimum atomic E-state index is -0.632. The molecule has 1 unspecified atom stereocenters. The Balaban J connectivity index is 1.74. The number of fused-ring (bicyclic) bond motifs is 2. The number of H-pyrrole nitrogens is 1. The topological polar surface area (TPSA) is 108 Å². The number of carbonyl (C=O) groups is 3. The first-order valence-electron chi connectivity index (χ1n) is 8.57. The highest BCUT2D eigenvalue weighted by Gasteiger charge is 2.39. The number of aromatic amines is 1. The van der Waals surface area contributed by atoms with Crippen molar-refractivity contribution in [3.63, 3.8) is 0 Å². The second-order valence-electron chi connectivity index (χ2n) is 6.46. The Morgan fingerprint density at radius 1 is 1.07 bits per heavy atom. The first kappa shape index (κ1) is 16.8. The zero-order valence-corrected chi connectivity index (χ0v) is 14.4. The molecule has 1 aromatic heterocycles. The van der Waals surface area contributed by atoms with Crippen LogP contribution in [0.2, 0.25) is 0 Å². The lowest BCUT2D eigenvalue weighted by Gasteiger charge is -2.24. The smallest absolute Gasteiger partial charge is 0.255 e. The highest BCUT2D eigenvalue weighted by atomic mass is 16.2. The number of carbonyl (C=O) groups excluding carboxylic acids is 3. The number of hydrogen-bond donors (Lipinski definition) is 3. The zero-order chi connectivity index (χ0) is 19.0. The predicted molar refractivity (Wildman–Crippen MR) is 99.8 cm³/mol. The van der Waals surface area contributed by atoms with Gasteiger partial charge in [-0.15, -0.1) is 0 Å². The summed E-state index contributed by atoms with van der Waals surface area (Å²) < 4.78 is 0. The van der Waals surface area contributed by atoms with Crippen LogP contribution in [0.3, 0.4) is 0 Å². The van der Waals surface area contributed by atoms with E-state index in [-0.39, 0.29) is 25.0 Å². The molecule has 0 fully saturated rings. The van der Waals surface area contributed by atoms with E-state index in [0.29, 0.717) is 5.56 Å². The maximum absolute atomic E-state index is 13.0. The number of aromatic nitrogens is 1. The molecule has 2 aromatic carbocycles. The molecule has 0 bridgehead atoms. The molecule has 1 atom stereocenters. The molecule has 4 N–H and O–H groups in total. The van der Waals surface area contributed by atoms with Crippen LogP contribution < -0.4 is 11.1 Å². The number of para-hydroxylation sites is 1. The molecule has 1 aliphatic heterocycles. The molecule has 0 aliphatic carbocycles. The van der Waals surface area contributed by atoms with Crippen molar-refractivity contribution in [1.29, 1.82) is 0 Å². The quantitative estimate of drug-likeness (QED) is 0.637. The Hall–Kier alpha value is -3.61. The van der Waals surface area contributed by atoms with Crippen molar-refractivity contribution in [2.24, 2.45) is 5.73 Å². The minimum absolute atomic E-state index is 0.162. The van der Waals surface area contributed by atoms with E-state index < -0.39 is 11.8 Å². The zero-order valence-electron chi connectivity index (χ0n) is 14.4. The maximum atomic E-state index is 13.0. The minimum Gasteiger partial charge on any atom is -0.368 e. The number of benzene rings is 2. The predicted octanol–water partition coefficient (Wildman–Crippen LogP) is 1.31. The molecule has 7 nitrogen and oxygen atoms in total. The van der Waals surface area contributed by atoms with Crippen molar-refractivity contribution in [3.8, 4) is 0 Å². The summed E-state index contributed by atoms with van der Waals surface area (Å²) in [6.45, 7) is -0.420. The Kier molecular flexibility index (Phi) is 4.12. The van der Waals surface area contributed by atoms with E-state index in [1.54, 1.807) is 12.1 Å². The van der Waals surface area contributed by atoms with E-state index >= 15 is 0 Å². The number of nitrogens with two attached hydrogens (primary N) is 1. The molecule has 3 aromatic rings. The molecule has 2 heterocycles. The monoisotopic (exact) mass is 362 g/mol. The number of nitrogens with zero attached hydrogens (tertiary/aromatic N) is 1. The summed E-state index contributed by atoms with van der Waals surface area (Å²) in [6.07, 6.45) is 1.87. The molecule has 0 spiro atoms. The Morgan fingerprint density at radius 2 is 1.81 bits per heavy atom. The van der Waals surface area contributed by atoms with Crippen LogP contribution in [0, 0.1) is 0 Å². The van der Waals surface area contributed by atoms with Gasteiger partial charge in [0.15, 0.2) is 0 Å². The molecule has 3 amide bonds. The fourth-order valence-electron chi connectivity index (χ4n) is 3.59. The van der Waals surface area contributed by atoms with Gasteiger partial charge in [-0.3, -0.25) is 14.4 Å². The van der Waals surface area contributed by atoms with Crippen LogP contribution >= 0.6 is 0 Å². The normalized spacial score (nSPS) is 15.8. The van der Waals surface area contributed by atoms with Crippen molar-refractivity contribution in [2.45, 2.75) is 6.04 Å². The molecule has 1 aliphatic rings. The van der Waals surface area contributed by atoms with Crippen LogP contribution in [0.5, 0.6) is 0 Å². The van der Waals surface area contributed by atoms with Crippen molar-refractivity contribution in [1.82, 2.24) is 15.2 Å². The van der Waals surface area contributed by atoms with Crippen LogP contribution in [0.1, 0.15) is 27.5 Å². The molecule has 4 rings (SSSR count). The lowest BCUT2D eigenvalue weighted by atomic mass is 9.97. The SMILES string of the molecule is NC(=O)CNC(=O)CN1C(=O)c2ccccc2C1c1c[nH]c2ccccc12. The second-order valence-corrected chi connectivity index (χ2v) is 6.46. The largest absolute Gasteiger partial charge is 0.368 e. The number of amides is 3. The van der Waals surface area contributed by atoms with Crippen molar-refractivity contribution in [3.05, 3.63) is 71.4 Å². The molecule has 0 saturated carbocycles. The van der Waals surface area contributed by atoms with E-state index in [1.807, 2.05) is 42.6 Å². The highest BCUT2D eigenvalue weighted by Crippen LogP contribution is 2.40. The van der Waals surface area contributed by atoms with Gasteiger partial charge in [0.25, 0.3) is 5.91 Å². The summed E-state index contributed by atoms with van der Waals surface area (Å²) in [4.78, 5) is 40.9. The second kappa shape index (κ2) is 6.60. The number of nitrogens with one attached hydrogen (secondary N) is 2. The summed E-state index contributed by atoms with van der Waals surface area (Å²) >= 11 is 0. The van der Waals surface area contributed by atoms with Crippen molar-refractivity contribution >= 4 is 28.6 Å². The number of primary amides is 1. The maximum Gasteiger partial charge on any atom is 0.255 e. The summed E-state index contributed by atoms with van der Waals surface area (Å²) in [5, 5.41) is 3.44. The van der Waals surface area contributed by atoms with E-state index in [2.05, 4.69) is 10.3 Å². The average molecular weight is 362 g/mol. The summed E-state index contributed by atoms with van der Waals surface area (Å²) in [5.41, 5.74) is 8.39. The third-order valence-corrected chi connectivity index (χ3v) is 4.75. The summed E-state index contributed by atoms with van der Waals surface area (Å²) in [5.74, 6) is -1.28. The van der Waals surface area contributed by atoms with Crippen molar-refractivity contribution < 1.29 is 14.4 Å². The summed E-state index contributed by atoms with van der Waals surface area (Å²) in [6, 6.07) is 14.8. The Morgan fingerprint density at radius 3 is 2.63 bits per heavy atom. The first-order chi connectivity index (χ1) is 13.1. The molecule has 27 heavy (non-hydrogen) atoms. The van der Waals surface area contributed by atoms with Gasteiger partial charge < -0.3 is 20.9 Å². The van der Waals surface area contributed by atoms with Gasteiger partial charge in [-0.1, -0.05) is 36.4 Å². The standard InChI is InChI=1S/C20H18N4O3/c21-17(25)10-23-18(26)11-24-19(13-6-1-2-7-14(13)20(24)27)15-9-22-16-8-4-3-5-12(15)16/h1-9,19,22H,10-11H2,(H2,21,25)(H,23,26). The van der Waals surface area contributed by atoms with E-state index in [0.717, 1.165) is 22.0 Å². The molecular formula is C20H18N4O3. The molecular weight excluding hydrogens is 344 g/mol. The molecule has 7 heteroatoms. The van der Waals surface area contributed by atoms with E-state index in [1.165, 1.54) is 4.90 Å². The third-order valence-electron chi connectivity index (χ3n) is 4.75. The van der Waals surface area contributed by atoms with Gasteiger partial charge in [0.2, 0.25) is 11.8 Å². The lowest BCUT2D eigenvalue weighted by Crippen LogP contribution is -2.42. The highest BCUT2D eigenvalue weighted by molar-refractivity contribution is 6.02. The lowest BCUT2D eigenvalue weighted by molar-refractivity contribution is -0.125. The molecule has 0 saturated heterocycles. The fraction of sp³-hybridized carbons (Fsp3) is 0.150. The Bertz CT molecular complexity index is 1060. The molecule has 0 radical (unpaired) electrons. The van der Waals surface area contributed by atoms with Gasteiger partial charge in [0.05, 0.1) is 12.6 Å². The van der Waals surface area contributed by atoms with Gasteiger partial charge in [-0.2, -0.15) is 0 Å². The number of hydrogen-bond acceptors (Lipinski definition) is 3. The summed E-state index contributed by atoms with van der Waals surface area (Å²) in [7, 11) is 0. The van der Waals surface area contributed by atoms with Gasteiger partial charge in [0, 0.05) is 28.2 Å². The number of rotatable bonds is 5. The average Bonchev–Trinajstić information content (AvgIpc) is 3.20. The van der Waals surface area contributed by atoms with Gasteiger partial charge in [0.1, 0.15) is 6.54 Å². The van der Waals surface area contributed by atoms with E-state index in [9.17, 15) is 14.4 Å². The van der Waals surface area contributed by atoms with Gasteiger partial charge >= 0.3 is 0 Å². The fourth-order valence-corrected chi connectivity index (χ4v) is 3.59. The first-order valence-corrected chi connectivity index (χ1v) is 8.57.